The van der Waals surface area contributed by atoms with Gasteiger partial charge in [-0.05, 0) is 29.1 Å². The van der Waals surface area contributed by atoms with Crippen LogP contribution in [0.4, 0.5) is 11.4 Å². The van der Waals surface area contributed by atoms with Gasteiger partial charge < -0.3 is 5.32 Å². The van der Waals surface area contributed by atoms with E-state index in [-0.39, 0.29) is 18.0 Å². The van der Waals surface area contributed by atoms with E-state index in [1.165, 1.54) is 23.9 Å². The number of aliphatic imine (C=N–C) groups is 2. The molecule has 0 spiro atoms. The second kappa shape index (κ2) is 9.80. The van der Waals surface area contributed by atoms with E-state index in [2.05, 4.69) is 10.3 Å². The number of benzene rings is 2. The quantitative estimate of drug-likeness (QED) is 0.379. The number of thiophene rings is 1. The lowest BCUT2D eigenvalue weighted by Crippen LogP contribution is -2.45. The Balaban J connectivity index is 1.38. The molecule has 2 amide bonds. The van der Waals surface area contributed by atoms with Gasteiger partial charge in [0, 0.05) is 28.3 Å². The van der Waals surface area contributed by atoms with E-state index in [1.807, 2.05) is 41.8 Å². The number of nitrogens with one attached hydrogen (secondary N) is 1. The third-order valence-corrected chi connectivity index (χ3v) is 7.42. The molecule has 1 unspecified atom stereocenters. The lowest BCUT2D eigenvalue weighted by atomic mass is 10.1. The zero-order chi connectivity index (χ0) is 24.4. The molecular weight excluding hydrogens is 486 g/mol. The van der Waals surface area contributed by atoms with Gasteiger partial charge in [0.1, 0.15) is 11.9 Å². The van der Waals surface area contributed by atoms with Crippen LogP contribution in [0.25, 0.3) is 0 Å². The van der Waals surface area contributed by atoms with E-state index in [4.69, 9.17) is 4.99 Å². The molecule has 2 aliphatic heterocycles. The Kier molecular flexibility index (Phi) is 6.43. The summed E-state index contributed by atoms with van der Waals surface area (Å²) in [6, 6.07) is 16.8. The number of nitrogens with zero attached hydrogens (tertiary/aromatic N) is 4. The molecule has 176 valence electrons. The van der Waals surface area contributed by atoms with Gasteiger partial charge in [-0.15, -0.1) is 11.3 Å². The monoisotopic (exact) mass is 505 g/mol. The van der Waals surface area contributed by atoms with Crippen LogP contribution in [0.15, 0.2) is 76.0 Å². The van der Waals surface area contributed by atoms with Crippen LogP contribution < -0.4 is 5.32 Å². The molecule has 2 aromatic carbocycles. The van der Waals surface area contributed by atoms with Crippen LogP contribution >= 0.6 is 23.1 Å². The number of non-ortho nitro benzene ring substituents is 1. The molecular formula is C24H19N5O4S2. The maximum atomic E-state index is 12.9. The highest BCUT2D eigenvalue weighted by Crippen LogP contribution is 2.36. The number of thioether (sulfide) groups is 1. The van der Waals surface area contributed by atoms with Crippen molar-refractivity contribution in [2.45, 2.75) is 24.8 Å². The molecule has 0 saturated heterocycles. The molecule has 2 aliphatic rings. The van der Waals surface area contributed by atoms with Gasteiger partial charge in [0.25, 0.3) is 11.6 Å². The molecule has 0 fully saturated rings. The fraction of sp³-hybridized carbons (Fsp3) is 0.167. The van der Waals surface area contributed by atoms with E-state index in [0.29, 0.717) is 29.0 Å². The Morgan fingerprint density at radius 1 is 1.14 bits per heavy atom. The van der Waals surface area contributed by atoms with E-state index in [0.717, 1.165) is 16.0 Å². The maximum Gasteiger partial charge on any atom is 0.271 e. The van der Waals surface area contributed by atoms with Crippen molar-refractivity contribution in [1.82, 2.24) is 10.2 Å². The van der Waals surface area contributed by atoms with Gasteiger partial charge in [-0.2, -0.15) is 4.99 Å². The highest BCUT2D eigenvalue weighted by molar-refractivity contribution is 8.13. The Hall–Kier alpha value is -3.83. The van der Waals surface area contributed by atoms with E-state index in [9.17, 15) is 19.7 Å². The number of amidine groups is 2. The number of nitro groups is 1. The summed E-state index contributed by atoms with van der Waals surface area (Å²) in [5.41, 5.74) is 2.17. The van der Waals surface area contributed by atoms with Crippen LogP contribution in [0.2, 0.25) is 0 Å². The lowest BCUT2D eigenvalue weighted by molar-refractivity contribution is -0.384. The second-order valence-corrected chi connectivity index (χ2v) is 9.82. The number of hydrogen-bond acceptors (Lipinski definition) is 8. The predicted molar refractivity (Wildman–Crippen MR) is 136 cm³/mol. The molecule has 3 heterocycles. The van der Waals surface area contributed by atoms with Crippen LogP contribution in [-0.4, -0.2) is 38.7 Å². The first-order chi connectivity index (χ1) is 17.0. The summed E-state index contributed by atoms with van der Waals surface area (Å²) in [5, 5.41) is 16.5. The summed E-state index contributed by atoms with van der Waals surface area (Å²) in [7, 11) is 0. The van der Waals surface area contributed by atoms with Crippen molar-refractivity contribution in [2.75, 3.05) is 0 Å². The molecule has 0 aliphatic carbocycles. The van der Waals surface area contributed by atoms with E-state index in [1.54, 1.807) is 28.4 Å². The molecule has 35 heavy (non-hydrogen) atoms. The van der Waals surface area contributed by atoms with Crippen molar-refractivity contribution < 1.29 is 14.5 Å². The number of para-hydroxylation sites is 1. The Morgan fingerprint density at radius 3 is 2.80 bits per heavy atom. The fourth-order valence-electron chi connectivity index (χ4n) is 3.86. The standard InChI is InChI=1S/C24H19N5O4S2/c30-21(25-13-17-7-4-10-34-17)12-20-23(31)27-22-18-8-1-2-9-19(18)26-24(28(20)22)35-14-15-5-3-6-16(11-15)29(32)33/h1-11,20H,12-14H2,(H,25,30). The van der Waals surface area contributed by atoms with Crippen molar-refractivity contribution in [2.24, 2.45) is 9.98 Å². The van der Waals surface area contributed by atoms with E-state index < -0.39 is 16.9 Å². The number of amides is 2. The van der Waals surface area contributed by atoms with Crippen LogP contribution in [0, 0.1) is 10.1 Å². The second-order valence-electron chi connectivity index (χ2n) is 7.85. The topological polar surface area (TPSA) is 117 Å². The molecule has 9 nitrogen and oxygen atoms in total. The molecule has 0 saturated carbocycles. The Bertz CT molecular complexity index is 1370. The normalized spacial score (nSPS) is 16.3. The van der Waals surface area contributed by atoms with Gasteiger partial charge in [0.05, 0.1) is 23.6 Å². The largest absolute Gasteiger partial charge is 0.351 e. The first kappa shape index (κ1) is 22.9. The van der Waals surface area contributed by atoms with Crippen LogP contribution in [-0.2, 0) is 21.9 Å². The molecule has 1 N–H and O–H groups in total. The van der Waals surface area contributed by atoms with Crippen molar-refractivity contribution in [3.63, 3.8) is 0 Å². The molecule has 0 bridgehead atoms. The molecule has 11 heteroatoms. The van der Waals surface area contributed by atoms with Crippen molar-refractivity contribution in [1.29, 1.82) is 0 Å². The SMILES string of the molecule is O=C(CC1C(=O)N=C2c3ccccc3N=C(SCc3cccc([N+](=O)[O-])c3)N21)NCc1cccs1. The Morgan fingerprint density at radius 2 is 2.00 bits per heavy atom. The third-order valence-electron chi connectivity index (χ3n) is 5.52. The van der Waals surface area contributed by atoms with Gasteiger partial charge >= 0.3 is 0 Å². The number of carbonyl (C=O) groups is 2. The summed E-state index contributed by atoms with van der Waals surface area (Å²) in [6.07, 6.45) is -0.0598. The molecule has 3 aromatic rings. The summed E-state index contributed by atoms with van der Waals surface area (Å²) < 4.78 is 0. The van der Waals surface area contributed by atoms with Crippen molar-refractivity contribution in [3.8, 4) is 0 Å². The third kappa shape index (κ3) is 4.86. The summed E-state index contributed by atoms with van der Waals surface area (Å²) >= 11 is 2.89. The minimum absolute atomic E-state index is 0.0120. The lowest BCUT2D eigenvalue weighted by Gasteiger charge is -2.30. The van der Waals surface area contributed by atoms with Crippen molar-refractivity contribution >= 4 is 57.3 Å². The van der Waals surface area contributed by atoms with Gasteiger partial charge in [-0.25, -0.2) is 4.99 Å². The average molecular weight is 506 g/mol. The maximum absolute atomic E-state index is 12.9. The fourth-order valence-corrected chi connectivity index (χ4v) is 5.49. The van der Waals surface area contributed by atoms with Gasteiger partial charge in [-0.3, -0.25) is 24.6 Å². The molecule has 1 atom stereocenters. The van der Waals surface area contributed by atoms with Crippen molar-refractivity contribution in [3.05, 3.63) is 92.2 Å². The smallest absolute Gasteiger partial charge is 0.271 e. The zero-order valence-corrected chi connectivity index (χ0v) is 19.9. The number of carbonyl (C=O) groups excluding carboxylic acids is 2. The summed E-state index contributed by atoms with van der Waals surface area (Å²) in [4.78, 5) is 48.1. The molecule has 5 rings (SSSR count). The van der Waals surface area contributed by atoms with Gasteiger partial charge in [0.15, 0.2) is 5.17 Å². The number of fused-ring (bicyclic) bond motifs is 3. The number of hydrogen-bond donors (Lipinski definition) is 1. The van der Waals surface area contributed by atoms with Gasteiger partial charge in [-0.1, -0.05) is 42.1 Å². The minimum atomic E-state index is -0.807. The first-order valence-electron chi connectivity index (χ1n) is 10.7. The molecule has 1 aromatic heterocycles. The van der Waals surface area contributed by atoms with Crippen LogP contribution in [0.1, 0.15) is 22.4 Å². The van der Waals surface area contributed by atoms with Crippen LogP contribution in [0.3, 0.4) is 0 Å². The average Bonchev–Trinajstić information content (AvgIpc) is 3.50. The summed E-state index contributed by atoms with van der Waals surface area (Å²) in [5.74, 6) is 0.220. The first-order valence-corrected chi connectivity index (χ1v) is 12.6. The van der Waals surface area contributed by atoms with Gasteiger partial charge in [0.2, 0.25) is 5.91 Å². The minimum Gasteiger partial charge on any atom is -0.351 e. The summed E-state index contributed by atoms with van der Waals surface area (Å²) in [6.45, 7) is 0.399. The molecule has 0 radical (unpaired) electrons. The Labute approximate surface area is 208 Å². The van der Waals surface area contributed by atoms with E-state index >= 15 is 0 Å². The zero-order valence-electron chi connectivity index (χ0n) is 18.3. The highest BCUT2D eigenvalue weighted by Gasteiger charge is 2.42. The predicted octanol–water partition coefficient (Wildman–Crippen LogP) is 4.25. The van der Waals surface area contributed by atoms with Crippen LogP contribution in [0.5, 0.6) is 0 Å². The highest BCUT2D eigenvalue weighted by atomic mass is 32.2. The number of rotatable bonds is 7. The number of nitro benzene ring substituents is 1.